The van der Waals surface area contributed by atoms with Gasteiger partial charge in [-0.15, -0.1) is 0 Å². The highest BCUT2D eigenvalue weighted by Gasteiger charge is 2.52. The maximum Gasteiger partial charge on any atom is 0.264 e. The van der Waals surface area contributed by atoms with E-state index < -0.39 is 26.9 Å². The van der Waals surface area contributed by atoms with Gasteiger partial charge in [-0.2, -0.15) is 0 Å². The van der Waals surface area contributed by atoms with E-state index in [1.807, 2.05) is 20.8 Å². The summed E-state index contributed by atoms with van der Waals surface area (Å²) in [7, 11) is -3.95. The van der Waals surface area contributed by atoms with Gasteiger partial charge in [-0.1, -0.05) is 45.4 Å². The largest absolute Gasteiger partial charge is 0.328 e. The van der Waals surface area contributed by atoms with Gasteiger partial charge in [0, 0.05) is 12.0 Å². The molecule has 0 radical (unpaired) electrons. The summed E-state index contributed by atoms with van der Waals surface area (Å²) < 4.78 is 26.9. The second-order valence-electron chi connectivity index (χ2n) is 7.36. The molecule has 1 aromatic rings. The second-order valence-corrected chi connectivity index (χ2v) is 9.04. The fourth-order valence-electron chi connectivity index (χ4n) is 3.11. The van der Waals surface area contributed by atoms with Gasteiger partial charge < -0.3 is 4.90 Å². The van der Waals surface area contributed by atoms with Crippen LogP contribution < -0.4 is 4.72 Å². The van der Waals surface area contributed by atoms with Gasteiger partial charge in [-0.25, -0.2) is 13.1 Å². The molecule has 1 unspecified atom stereocenters. The molecule has 1 aliphatic rings. The lowest BCUT2D eigenvalue weighted by Crippen LogP contribution is -2.69. The van der Waals surface area contributed by atoms with Crippen LogP contribution in [0.4, 0.5) is 0 Å². The van der Waals surface area contributed by atoms with Crippen molar-refractivity contribution in [3.8, 4) is 0 Å². The Labute approximate surface area is 149 Å². The van der Waals surface area contributed by atoms with Gasteiger partial charge in [0.25, 0.3) is 15.9 Å². The van der Waals surface area contributed by atoms with E-state index >= 15 is 0 Å². The molecule has 1 saturated heterocycles. The van der Waals surface area contributed by atoms with E-state index in [4.69, 9.17) is 0 Å². The zero-order chi connectivity index (χ0) is 18.9. The highest BCUT2D eigenvalue weighted by atomic mass is 32.2. The Kier molecular flexibility index (Phi) is 5.27. The molecule has 138 valence electrons. The summed E-state index contributed by atoms with van der Waals surface area (Å²) in [6, 6.07) is 7.72. The van der Waals surface area contributed by atoms with E-state index in [2.05, 4.69) is 4.72 Å². The topological polar surface area (TPSA) is 83.6 Å². The molecule has 1 aromatic carbocycles. The first kappa shape index (κ1) is 19.4. The molecule has 1 aliphatic heterocycles. The molecule has 1 fully saturated rings. The number of carbonyl (C=O) groups is 2. The first-order chi connectivity index (χ1) is 11.5. The number of hydrogen-bond acceptors (Lipinski definition) is 4. The van der Waals surface area contributed by atoms with E-state index in [9.17, 15) is 18.0 Å². The van der Waals surface area contributed by atoms with Crippen molar-refractivity contribution < 1.29 is 18.0 Å². The zero-order valence-electron chi connectivity index (χ0n) is 15.2. The maximum absolute atomic E-state index is 12.8. The summed E-state index contributed by atoms with van der Waals surface area (Å²) >= 11 is 0. The van der Waals surface area contributed by atoms with Gasteiger partial charge >= 0.3 is 0 Å². The van der Waals surface area contributed by atoms with Crippen molar-refractivity contribution in [2.24, 2.45) is 5.41 Å². The molecule has 2 amide bonds. The lowest BCUT2D eigenvalue weighted by Gasteiger charge is -2.51. The predicted molar refractivity (Wildman–Crippen MR) is 95.2 cm³/mol. The molecule has 1 atom stereocenters. The Bertz CT molecular complexity index is 759. The van der Waals surface area contributed by atoms with Crippen LogP contribution in [-0.2, 0) is 19.6 Å². The molecule has 6 nitrogen and oxygen atoms in total. The van der Waals surface area contributed by atoms with Crippen molar-refractivity contribution >= 4 is 21.8 Å². The van der Waals surface area contributed by atoms with E-state index in [1.165, 1.54) is 17.0 Å². The van der Waals surface area contributed by atoms with Crippen molar-refractivity contribution in [3.63, 3.8) is 0 Å². The molecule has 25 heavy (non-hydrogen) atoms. The van der Waals surface area contributed by atoms with Crippen LogP contribution >= 0.6 is 0 Å². The highest BCUT2D eigenvalue weighted by Crippen LogP contribution is 2.37. The number of carbonyl (C=O) groups excluding carboxylic acids is 2. The van der Waals surface area contributed by atoms with Crippen molar-refractivity contribution in [1.29, 1.82) is 0 Å². The smallest absolute Gasteiger partial charge is 0.264 e. The number of sulfonamides is 1. The molecular weight excluding hydrogens is 340 g/mol. The normalized spacial score (nSPS) is 20.7. The Balaban J connectivity index is 2.17. The third kappa shape index (κ3) is 3.71. The van der Waals surface area contributed by atoms with Crippen LogP contribution in [0.3, 0.4) is 0 Å². The quantitative estimate of drug-likeness (QED) is 0.837. The third-order valence-electron chi connectivity index (χ3n) is 4.89. The number of rotatable bonds is 6. The minimum atomic E-state index is -3.95. The number of nitrogens with zero attached hydrogens (tertiary/aromatic N) is 1. The summed E-state index contributed by atoms with van der Waals surface area (Å²) in [5, 5.41) is 0. The van der Waals surface area contributed by atoms with Crippen molar-refractivity contribution in [1.82, 2.24) is 9.62 Å². The van der Waals surface area contributed by atoms with Crippen LogP contribution in [0.15, 0.2) is 35.2 Å². The standard InChI is InChI=1S/C18H26N2O4S/c1-5-11-17(2,3)16(22)20-13-12-18(20,4)15(21)19-25(23,24)14-9-7-6-8-10-14/h6-10H,5,11-13H2,1-4H3,(H,19,21). The molecular formula is C18H26N2O4S. The fourth-order valence-corrected chi connectivity index (χ4v) is 4.21. The summed E-state index contributed by atoms with van der Waals surface area (Å²) in [4.78, 5) is 27.0. The van der Waals surface area contributed by atoms with Crippen LogP contribution in [0.1, 0.15) is 47.0 Å². The van der Waals surface area contributed by atoms with Gasteiger partial charge in [0.2, 0.25) is 5.91 Å². The molecule has 7 heteroatoms. The van der Waals surface area contributed by atoms with Crippen LogP contribution in [0.2, 0.25) is 0 Å². The molecule has 0 bridgehead atoms. The van der Waals surface area contributed by atoms with Gasteiger partial charge in [0.05, 0.1) is 4.90 Å². The lowest BCUT2D eigenvalue weighted by atomic mass is 9.79. The van der Waals surface area contributed by atoms with Gasteiger partial charge in [0.15, 0.2) is 0 Å². The SMILES string of the molecule is CCCC(C)(C)C(=O)N1CCC1(C)C(=O)NS(=O)(=O)c1ccccc1. The summed E-state index contributed by atoms with van der Waals surface area (Å²) in [6.07, 6.45) is 2.01. The second kappa shape index (κ2) is 6.78. The van der Waals surface area contributed by atoms with Crippen LogP contribution in [0, 0.1) is 5.41 Å². The van der Waals surface area contributed by atoms with Gasteiger partial charge in [0.1, 0.15) is 5.54 Å². The average Bonchev–Trinajstić information content (AvgIpc) is 2.53. The number of nitrogens with one attached hydrogen (secondary N) is 1. The Morgan fingerprint density at radius 1 is 1.24 bits per heavy atom. The lowest BCUT2D eigenvalue weighted by molar-refractivity contribution is -0.163. The summed E-state index contributed by atoms with van der Waals surface area (Å²) in [6.45, 7) is 7.80. The number of benzene rings is 1. The molecule has 2 rings (SSSR count). The Hall–Kier alpha value is -1.89. The summed E-state index contributed by atoms with van der Waals surface area (Å²) in [5.41, 5.74) is -1.71. The maximum atomic E-state index is 12.8. The van der Waals surface area contributed by atoms with Crippen molar-refractivity contribution in [2.75, 3.05) is 6.54 Å². The number of amides is 2. The molecule has 1 N–H and O–H groups in total. The minimum Gasteiger partial charge on any atom is -0.328 e. The Morgan fingerprint density at radius 3 is 2.32 bits per heavy atom. The van der Waals surface area contributed by atoms with Gasteiger partial charge in [-0.05, 0) is 31.9 Å². The molecule has 0 aromatic heterocycles. The van der Waals surface area contributed by atoms with Crippen LogP contribution in [0.25, 0.3) is 0 Å². The van der Waals surface area contributed by atoms with Crippen molar-refractivity contribution in [3.05, 3.63) is 30.3 Å². The number of hydrogen-bond donors (Lipinski definition) is 1. The van der Waals surface area contributed by atoms with E-state index in [1.54, 1.807) is 25.1 Å². The average molecular weight is 366 g/mol. The van der Waals surface area contributed by atoms with E-state index in [0.717, 1.165) is 6.42 Å². The van der Waals surface area contributed by atoms with E-state index in [0.29, 0.717) is 19.4 Å². The molecule has 0 saturated carbocycles. The third-order valence-corrected chi connectivity index (χ3v) is 6.23. The van der Waals surface area contributed by atoms with Gasteiger partial charge in [-0.3, -0.25) is 9.59 Å². The first-order valence-corrected chi connectivity index (χ1v) is 9.97. The highest BCUT2D eigenvalue weighted by molar-refractivity contribution is 7.90. The molecule has 0 aliphatic carbocycles. The minimum absolute atomic E-state index is 0.0236. The Morgan fingerprint density at radius 2 is 1.84 bits per heavy atom. The summed E-state index contributed by atoms with van der Waals surface area (Å²) in [5.74, 6) is -0.779. The fraction of sp³-hybridized carbons (Fsp3) is 0.556. The van der Waals surface area contributed by atoms with Crippen LogP contribution in [0.5, 0.6) is 0 Å². The monoisotopic (exact) mass is 366 g/mol. The zero-order valence-corrected chi connectivity index (χ0v) is 16.0. The molecule has 1 heterocycles. The van der Waals surface area contributed by atoms with Crippen molar-refractivity contribution in [2.45, 2.75) is 57.4 Å². The number of likely N-dealkylation sites (tertiary alicyclic amines) is 1. The predicted octanol–water partition coefficient (Wildman–Crippen LogP) is 2.31. The van der Waals surface area contributed by atoms with E-state index in [-0.39, 0.29) is 10.8 Å². The molecule has 0 spiro atoms. The van der Waals surface area contributed by atoms with Crippen LogP contribution in [-0.4, -0.2) is 37.2 Å². The first-order valence-electron chi connectivity index (χ1n) is 8.49.